The number of hydrazine groups is 1. The van der Waals surface area contributed by atoms with Gasteiger partial charge in [-0.2, -0.15) is 0 Å². The van der Waals surface area contributed by atoms with Gasteiger partial charge in [-0.3, -0.25) is 9.88 Å². The minimum absolute atomic E-state index is 0.190. The molecule has 6 nitrogen and oxygen atoms in total. The first-order valence-corrected chi connectivity index (χ1v) is 13.6. The molecule has 3 heterocycles. The Morgan fingerprint density at radius 1 is 1.18 bits per heavy atom. The van der Waals surface area contributed by atoms with Crippen LogP contribution in [-0.4, -0.2) is 42.6 Å². The summed E-state index contributed by atoms with van der Waals surface area (Å²) in [5.74, 6) is 0.215. The topological polar surface area (TPSA) is 57.7 Å². The minimum Gasteiger partial charge on any atom is -0.465 e. The van der Waals surface area contributed by atoms with Gasteiger partial charge in [0.25, 0.3) is 0 Å². The number of hydrogen-bond donors (Lipinski definition) is 1. The number of nitrogens with zero attached hydrogens (tertiary/aromatic N) is 3. The van der Waals surface area contributed by atoms with Crippen LogP contribution in [0.15, 0.2) is 60.3 Å². The first kappa shape index (κ1) is 26.4. The number of ether oxygens (including phenoxy) is 1. The Hall–Kier alpha value is -3.20. The summed E-state index contributed by atoms with van der Waals surface area (Å²) in [6.45, 7) is 7.84. The van der Waals surface area contributed by atoms with E-state index in [1.165, 1.54) is 22.7 Å². The molecule has 1 fully saturated rings. The van der Waals surface area contributed by atoms with E-state index in [-0.39, 0.29) is 18.3 Å². The van der Waals surface area contributed by atoms with Crippen LogP contribution in [0.25, 0.3) is 17.2 Å². The van der Waals surface area contributed by atoms with Crippen molar-refractivity contribution in [3.8, 4) is 11.1 Å². The van der Waals surface area contributed by atoms with E-state index in [2.05, 4.69) is 65.6 Å². The maximum absolute atomic E-state index is 13.2. The van der Waals surface area contributed by atoms with Crippen LogP contribution in [0.2, 0.25) is 0 Å². The van der Waals surface area contributed by atoms with E-state index < -0.39 is 0 Å². The number of anilines is 1. The van der Waals surface area contributed by atoms with E-state index in [0.29, 0.717) is 18.0 Å². The number of likely N-dealkylation sites (tertiary alicyclic amines) is 1. The largest absolute Gasteiger partial charge is 0.465 e. The Bertz CT molecular complexity index is 1340. The molecule has 0 saturated carbocycles. The molecule has 0 aliphatic carbocycles. The lowest BCUT2D eigenvalue weighted by atomic mass is 9.89. The van der Waals surface area contributed by atoms with Crippen LogP contribution in [0.1, 0.15) is 58.4 Å². The third-order valence-corrected chi connectivity index (χ3v) is 8.00. The Morgan fingerprint density at radius 2 is 1.95 bits per heavy atom. The fourth-order valence-corrected chi connectivity index (χ4v) is 5.85. The first-order chi connectivity index (χ1) is 18.5. The molecule has 0 radical (unpaired) electrons. The molecule has 2 aromatic carbocycles. The second-order valence-corrected chi connectivity index (χ2v) is 10.6. The van der Waals surface area contributed by atoms with Crippen LogP contribution in [0, 0.1) is 6.92 Å². The lowest BCUT2D eigenvalue weighted by Gasteiger charge is -2.32. The fourth-order valence-electron chi connectivity index (χ4n) is 5.49. The molecule has 1 N–H and O–H groups in total. The molecule has 2 aliphatic rings. The Labute approximate surface area is 228 Å². The number of aryl methyl sites for hydroxylation is 1. The number of carbonyl (C=O) groups excluding carboxylic acids is 1. The summed E-state index contributed by atoms with van der Waals surface area (Å²) >= 11 is 0.190. The van der Waals surface area contributed by atoms with Crippen molar-refractivity contribution in [3.63, 3.8) is 0 Å². The van der Waals surface area contributed by atoms with Gasteiger partial charge in [0, 0.05) is 30.5 Å². The molecule has 0 unspecified atom stereocenters. The van der Waals surface area contributed by atoms with E-state index >= 15 is 0 Å². The summed E-state index contributed by atoms with van der Waals surface area (Å²) in [5.41, 5.74) is 12.6. The van der Waals surface area contributed by atoms with Gasteiger partial charge in [0.05, 0.1) is 18.4 Å². The van der Waals surface area contributed by atoms with Gasteiger partial charge < -0.3 is 4.74 Å². The molecule has 2 aliphatic heterocycles. The standard InChI is InChI=1S/C30H33FN4O2S/c1-20(19-34-14-11-23(12-15-34)22-4-6-24(7-5-22)30(36)37-3)16-28-21(2)32-13-10-27(28)25-8-9-29-26(17-25)18-33-35(29)38-31/h4-10,13,16-17,23,33H,11-12,14-15,18-19H2,1-3H3/b20-16+. The lowest BCUT2D eigenvalue weighted by molar-refractivity contribution is 0.0600. The Morgan fingerprint density at radius 3 is 2.66 bits per heavy atom. The number of hydrogen-bond acceptors (Lipinski definition) is 7. The van der Waals surface area contributed by atoms with Crippen molar-refractivity contribution in [3.05, 3.63) is 88.2 Å². The number of nitrogens with one attached hydrogen (secondary N) is 1. The van der Waals surface area contributed by atoms with E-state index in [4.69, 9.17) is 4.74 Å². The molecule has 198 valence electrons. The van der Waals surface area contributed by atoms with Gasteiger partial charge in [-0.05, 0) is 98.3 Å². The van der Waals surface area contributed by atoms with Crippen molar-refractivity contribution in [2.45, 2.75) is 39.2 Å². The quantitative estimate of drug-likeness (QED) is 0.276. The van der Waals surface area contributed by atoms with Gasteiger partial charge in [0.15, 0.2) is 12.3 Å². The predicted octanol–water partition coefficient (Wildman–Crippen LogP) is 6.48. The highest BCUT2D eigenvalue weighted by Gasteiger charge is 2.22. The van der Waals surface area contributed by atoms with Gasteiger partial charge in [-0.25, -0.2) is 14.6 Å². The molecule has 1 saturated heterocycles. The minimum atomic E-state index is -0.295. The van der Waals surface area contributed by atoms with E-state index in [0.717, 1.165) is 66.1 Å². The number of pyridine rings is 1. The number of aromatic nitrogens is 1. The summed E-state index contributed by atoms with van der Waals surface area (Å²) in [4.78, 5) is 18.8. The van der Waals surface area contributed by atoms with Gasteiger partial charge in [-0.15, -0.1) is 3.89 Å². The van der Waals surface area contributed by atoms with Crippen molar-refractivity contribution in [1.29, 1.82) is 0 Å². The maximum atomic E-state index is 13.2. The van der Waals surface area contributed by atoms with Crippen molar-refractivity contribution in [2.75, 3.05) is 31.2 Å². The number of esters is 1. The maximum Gasteiger partial charge on any atom is 0.337 e. The van der Waals surface area contributed by atoms with Gasteiger partial charge >= 0.3 is 5.97 Å². The second-order valence-electron chi connectivity index (χ2n) is 10.1. The van der Waals surface area contributed by atoms with Gasteiger partial charge in [0.2, 0.25) is 0 Å². The van der Waals surface area contributed by atoms with Crippen LogP contribution >= 0.6 is 12.3 Å². The number of rotatable bonds is 7. The number of methoxy groups -OCH3 is 1. The molecule has 38 heavy (non-hydrogen) atoms. The zero-order valence-electron chi connectivity index (χ0n) is 22.0. The lowest BCUT2D eigenvalue weighted by Crippen LogP contribution is -2.34. The number of fused-ring (bicyclic) bond motifs is 1. The zero-order chi connectivity index (χ0) is 26.6. The van der Waals surface area contributed by atoms with Crippen molar-refractivity contribution in [2.24, 2.45) is 0 Å². The zero-order valence-corrected chi connectivity index (χ0v) is 22.9. The molecule has 0 spiro atoms. The normalized spacial score (nSPS) is 16.5. The van der Waals surface area contributed by atoms with Crippen molar-refractivity contribution < 1.29 is 13.4 Å². The third-order valence-electron chi connectivity index (χ3n) is 7.54. The molecule has 0 bridgehead atoms. The third kappa shape index (κ3) is 5.62. The summed E-state index contributed by atoms with van der Waals surface area (Å²) in [6, 6.07) is 16.1. The highest BCUT2D eigenvalue weighted by molar-refractivity contribution is 7.95. The Kier molecular flexibility index (Phi) is 8.12. The molecule has 3 aromatic rings. The van der Waals surface area contributed by atoms with Crippen LogP contribution in [0.3, 0.4) is 0 Å². The smallest absolute Gasteiger partial charge is 0.337 e. The van der Waals surface area contributed by atoms with Crippen molar-refractivity contribution >= 4 is 30.1 Å². The number of benzene rings is 2. The number of halogens is 1. The molecule has 5 rings (SSSR count). The molecule has 0 atom stereocenters. The highest BCUT2D eigenvalue weighted by Crippen LogP contribution is 2.36. The van der Waals surface area contributed by atoms with Gasteiger partial charge in [-0.1, -0.05) is 29.8 Å². The molecular formula is C30H33FN4O2S. The molecular weight excluding hydrogens is 499 g/mol. The summed E-state index contributed by atoms with van der Waals surface area (Å²) in [7, 11) is 1.41. The molecule has 8 heteroatoms. The Balaban J connectivity index is 1.26. The van der Waals surface area contributed by atoms with E-state index in [1.54, 1.807) is 0 Å². The predicted molar refractivity (Wildman–Crippen MR) is 152 cm³/mol. The number of carbonyl (C=O) groups is 1. The summed E-state index contributed by atoms with van der Waals surface area (Å²) in [6.07, 6.45) is 6.32. The monoisotopic (exact) mass is 532 g/mol. The second kappa shape index (κ2) is 11.7. The van der Waals surface area contributed by atoms with Crippen LogP contribution in [-0.2, 0) is 11.3 Å². The average molecular weight is 533 g/mol. The van der Waals surface area contributed by atoms with Crippen LogP contribution in [0.4, 0.5) is 9.57 Å². The molecule has 1 aromatic heterocycles. The summed E-state index contributed by atoms with van der Waals surface area (Å²) in [5, 5.41) is 0. The SMILES string of the molecule is COC(=O)c1ccc(C2CCN(C/C(C)=C/c3c(-c4ccc5c(c4)CNN5SF)ccnc3C)CC2)cc1. The summed E-state index contributed by atoms with van der Waals surface area (Å²) < 4.78 is 19.4. The van der Waals surface area contributed by atoms with Crippen LogP contribution < -0.4 is 9.84 Å². The fraction of sp³-hybridized carbons (Fsp3) is 0.333. The first-order valence-electron chi connectivity index (χ1n) is 13.0. The van der Waals surface area contributed by atoms with E-state index in [9.17, 15) is 8.68 Å². The van der Waals surface area contributed by atoms with Gasteiger partial charge in [0.1, 0.15) is 0 Å². The molecule has 0 amide bonds. The van der Waals surface area contributed by atoms with Crippen LogP contribution in [0.5, 0.6) is 0 Å². The average Bonchev–Trinajstić information content (AvgIpc) is 3.36. The number of piperidine rings is 1. The van der Waals surface area contributed by atoms with Crippen molar-refractivity contribution in [1.82, 2.24) is 15.3 Å². The van der Waals surface area contributed by atoms with E-state index in [1.807, 2.05) is 24.4 Å². The highest BCUT2D eigenvalue weighted by atomic mass is 32.2.